The van der Waals surface area contributed by atoms with E-state index in [0.717, 1.165) is 6.07 Å². The monoisotopic (exact) mass is 326 g/mol. The lowest BCUT2D eigenvalue weighted by molar-refractivity contribution is -0.141. The first-order valence-corrected chi connectivity index (χ1v) is 5.98. The molecule has 0 aliphatic carbocycles. The maximum absolute atomic E-state index is 12.6. The average molecular weight is 328 g/mol. The maximum Gasteiger partial charge on any atom is 0.433 e. The second-order valence-corrected chi connectivity index (χ2v) is 4.71. The predicted octanol–water partition coefficient (Wildman–Crippen LogP) is 5.12. The molecule has 0 unspecified atom stereocenters. The van der Waals surface area contributed by atoms with Crippen molar-refractivity contribution in [1.82, 2.24) is 9.97 Å². The van der Waals surface area contributed by atoms with Crippen LogP contribution in [0, 0.1) is 0 Å². The summed E-state index contributed by atoms with van der Waals surface area (Å²) in [5, 5.41) is 0.0239. The van der Waals surface area contributed by atoms with Crippen LogP contribution in [0.15, 0.2) is 24.3 Å². The van der Waals surface area contributed by atoms with Gasteiger partial charge in [-0.1, -0.05) is 23.2 Å². The van der Waals surface area contributed by atoms with Crippen molar-refractivity contribution in [3.8, 4) is 11.3 Å². The Balaban J connectivity index is 2.63. The van der Waals surface area contributed by atoms with Crippen molar-refractivity contribution in [2.24, 2.45) is 0 Å². The van der Waals surface area contributed by atoms with Gasteiger partial charge in [-0.3, -0.25) is 0 Å². The van der Waals surface area contributed by atoms with Gasteiger partial charge in [-0.2, -0.15) is 13.2 Å². The summed E-state index contributed by atoms with van der Waals surface area (Å²) < 4.78 is 37.9. The first kappa shape index (κ1) is 14.4. The highest BCUT2D eigenvalue weighted by atomic mass is 35.5. The molecular weight excluding hydrogens is 323 g/mol. The third kappa shape index (κ3) is 3.29. The molecule has 2 aromatic rings. The molecule has 2 rings (SSSR count). The summed E-state index contributed by atoms with van der Waals surface area (Å²) >= 11 is 17.2. The van der Waals surface area contributed by atoms with Gasteiger partial charge in [0.1, 0.15) is 5.69 Å². The molecule has 1 aromatic carbocycles. The van der Waals surface area contributed by atoms with Crippen LogP contribution in [-0.4, -0.2) is 9.97 Å². The summed E-state index contributed by atoms with van der Waals surface area (Å²) in [4.78, 5) is 6.87. The fraction of sp³-hybridized carbons (Fsp3) is 0.0909. The van der Waals surface area contributed by atoms with E-state index >= 15 is 0 Å². The van der Waals surface area contributed by atoms with E-state index < -0.39 is 17.2 Å². The highest BCUT2D eigenvalue weighted by molar-refractivity contribution is 6.35. The zero-order valence-electron chi connectivity index (χ0n) is 8.97. The lowest BCUT2D eigenvalue weighted by atomic mass is 10.1. The number of halogens is 6. The topological polar surface area (TPSA) is 25.8 Å². The molecule has 2 nitrogen and oxygen atoms in total. The van der Waals surface area contributed by atoms with Crippen molar-refractivity contribution in [1.29, 1.82) is 0 Å². The Bertz CT molecular complexity index is 629. The molecule has 0 spiro atoms. The number of benzene rings is 1. The van der Waals surface area contributed by atoms with E-state index in [2.05, 4.69) is 9.97 Å². The highest BCUT2D eigenvalue weighted by Crippen LogP contribution is 2.34. The van der Waals surface area contributed by atoms with Crippen molar-refractivity contribution < 1.29 is 13.2 Å². The maximum atomic E-state index is 12.6. The number of hydrogen-bond acceptors (Lipinski definition) is 2. The van der Waals surface area contributed by atoms with E-state index in [-0.39, 0.29) is 16.3 Å². The standard InChI is InChI=1S/C11H4Cl3F3N2/c12-5-1-2-7(13)6(3-5)8-4-9(11(15,16)17)19-10(14)18-8/h1-4H. The van der Waals surface area contributed by atoms with Gasteiger partial charge in [0.2, 0.25) is 5.28 Å². The van der Waals surface area contributed by atoms with E-state index in [9.17, 15) is 13.2 Å². The molecule has 0 radical (unpaired) electrons. The fourth-order valence-corrected chi connectivity index (χ4v) is 1.96. The Kier molecular flexibility index (Phi) is 3.90. The van der Waals surface area contributed by atoms with Gasteiger partial charge in [-0.05, 0) is 35.9 Å². The summed E-state index contributed by atoms with van der Waals surface area (Å²) in [6.07, 6.45) is -4.62. The number of aromatic nitrogens is 2. The summed E-state index contributed by atoms with van der Waals surface area (Å²) in [6, 6.07) is 5.15. The minimum Gasteiger partial charge on any atom is -0.218 e. The molecule has 8 heteroatoms. The number of alkyl halides is 3. The smallest absolute Gasteiger partial charge is 0.218 e. The molecule has 0 N–H and O–H groups in total. The van der Waals surface area contributed by atoms with Crippen molar-refractivity contribution in [2.45, 2.75) is 6.18 Å². The lowest BCUT2D eigenvalue weighted by Gasteiger charge is -2.09. The van der Waals surface area contributed by atoms with Gasteiger partial charge in [-0.25, -0.2) is 9.97 Å². The Labute approximate surface area is 121 Å². The molecule has 0 atom stereocenters. The van der Waals surface area contributed by atoms with E-state index in [1.165, 1.54) is 18.2 Å². The molecular formula is C11H4Cl3F3N2. The summed E-state index contributed by atoms with van der Waals surface area (Å²) in [6.45, 7) is 0. The van der Waals surface area contributed by atoms with Gasteiger partial charge in [0, 0.05) is 10.6 Å². The number of nitrogens with zero attached hydrogens (tertiary/aromatic N) is 2. The lowest BCUT2D eigenvalue weighted by Crippen LogP contribution is -2.09. The van der Waals surface area contributed by atoms with Crippen LogP contribution in [-0.2, 0) is 6.18 Å². The van der Waals surface area contributed by atoms with Crippen LogP contribution in [0.25, 0.3) is 11.3 Å². The third-order valence-corrected chi connectivity index (χ3v) is 2.93. The van der Waals surface area contributed by atoms with Gasteiger partial charge in [0.05, 0.1) is 10.7 Å². The van der Waals surface area contributed by atoms with Crippen LogP contribution in [0.4, 0.5) is 13.2 Å². The molecule has 1 heterocycles. The van der Waals surface area contributed by atoms with Crippen LogP contribution in [0.1, 0.15) is 5.69 Å². The van der Waals surface area contributed by atoms with Crippen LogP contribution in [0.3, 0.4) is 0 Å². The molecule has 0 aliphatic heterocycles. The van der Waals surface area contributed by atoms with Crippen LogP contribution < -0.4 is 0 Å². The van der Waals surface area contributed by atoms with Crippen LogP contribution in [0.2, 0.25) is 15.3 Å². The van der Waals surface area contributed by atoms with Crippen molar-refractivity contribution >= 4 is 34.8 Å². The summed E-state index contributed by atoms with van der Waals surface area (Å²) in [5.41, 5.74) is -0.928. The van der Waals surface area contributed by atoms with Crippen molar-refractivity contribution in [3.63, 3.8) is 0 Å². The molecule has 1 aromatic heterocycles. The fourth-order valence-electron chi connectivity index (χ4n) is 1.39. The Morgan fingerprint density at radius 2 is 1.63 bits per heavy atom. The number of rotatable bonds is 1. The second-order valence-electron chi connectivity index (χ2n) is 3.53. The zero-order chi connectivity index (χ0) is 14.2. The second kappa shape index (κ2) is 5.15. The van der Waals surface area contributed by atoms with Gasteiger partial charge in [0.15, 0.2) is 0 Å². The Morgan fingerprint density at radius 1 is 0.947 bits per heavy atom. The Morgan fingerprint density at radius 3 is 2.26 bits per heavy atom. The van der Waals surface area contributed by atoms with Crippen LogP contribution in [0.5, 0.6) is 0 Å². The molecule has 100 valence electrons. The average Bonchev–Trinajstić information content (AvgIpc) is 2.30. The summed E-state index contributed by atoms with van der Waals surface area (Å²) in [7, 11) is 0. The van der Waals surface area contributed by atoms with E-state index in [1.807, 2.05) is 0 Å². The normalized spacial score (nSPS) is 11.7. The van der Waals surface area contributed by atoms with Gasteiger partial charge < -0.3 is 0 Å². The Hall–Kier alpha value is -1.04. The molecule has 19 heavy (non-hydrogen) atoms. The first-order valence-electron chi connectivity index (χ1n) is 4.84. The largest absolute Gasteiger partial charge is 0.433 e. The van der Waals surface area contributed by atoms with Gasteiger partial charge in [0.25, 0.3) is 0 Å². The van der Waals surface area contributed by atoms with E-state index in [0.29, 0.717) is 5.02 Å². The minimum absolute atomic E-state index is 0.0418. The third-order valence-electron chi connectivity index (χ3n) is 2.19. The van der Waals surface area contributed by atoms with Gasteiger partial charge in [-0.15, -0.1) is 0 Å². The highest BCUT2D eigenvalue weighted by Gasteiger charge is 2.33. The zero-order valence-corrected chi connectivity index (χ0v) is 11.2. The number of hydrogen-bond donors (Lipinski definition) is 0. The first-order chi connectivity index (χ1) is 8.77. The molecule has 0 saturated heterocycles. The van der Waals surface area contributed by atoms with Crippen molar-refractivity contribution in [2.75, 3.05) is 0 Å². The van der Waals surface area contributed by atoms with Gasteiger partial charge >= 0.3 is 6.18 Å². The molecule has 0 amide bonds. The predicted molar refractivity (Wildman–Crippen MR) is 67.5 cm³/mol. The van der Waals surface area contributed by atoms with E-state index in [4.69, 9.17) is 34.8 Å². The van der Waals surface area contributed by atoms with E-state index in [1.54, 1.807) is 0 Å². The molecule has 0 bridgehead atoms. The SMILES string of the molecule is FC(F)(F)c1cc(-c2cc(Cl)ccc2Cl)nc(Cl)n1. The molecule has 0 saturated carbocycles. The quantitative estimate of drug-likeness (QED) is 0.679. The van der Waals surface area contributed by atoms with Crippen molar-refractivity contribution in [3.05, 3.63) is 45.3 Å². The summed E-state index contributed by atoms with van der Waals surface area (Å²) in [5.74, 6) is 0. The van der Waals surface area contributed by atoms with Crippen LogP contribution >= 0.6 is 34.8 Å². The molecule has 0 fully saturated rings. The minimum atomic E-state index is -4.62. The molecule has 0 aliphatic rings.